The Bertz CT molecular complexity index is 1070. The molecule has 2 aromatic carbocycles. The van der Waals surface area contributed by atoms with Crippen LogP contribution in [0.25, 0.3) is 20.9 Å². The van der Waals surface area contributed by atoms with Crippen molar-refractivity contribution in [2.45, 2.75) is 44.1 Å². The normalized spacial score (nSPS) is 23.6. The standard InChI is InChI=1S/C22H24N8O4/c1-14(31)26-20-19(27-21(32)16-10-6-3-7-11-16)18(28-30-24)17(12-25-29-23)34-22(20)33-13-15-8-4-2-5-9-15/h2-11,17-20,22H,12-13H2,1H3,(H,26,31)(H,27,32)/t17?,18?,19?,20?,22-/m1/s1. The van der Waals surface area contributed by atoms with Crippen molar-refractivity contribution in [1.29, 1.82) is 0 Å². The zero-order valence-electron chi connectivity index (χ0n) is 18.4. The summed E-state index contributed by atoms with van der Waals surface area (Å²) >= 11 is 0. The van der Waals surface area contributed by atoms with E-state index in [0.29, 0.717) is 5.56 Å². The smallest absolute Gasteiger partial charge is 0.251 e. The number of rotatable bonds is 9. The Morgan fingerprint density at radius 3 is 2.29 bits per heavy atom. The van der Waals surface area contributed by atoms with Crippen LogP contribution in [-0.2, 0) is 20.9 Å². The van der Waals surface area contributed by atoms with Gasteiger partial charge >= 0.3 is 0 Å². The van der Waals surface area contributed by atoms with Crippen LogP contribution in [0.1, 0.15) is 22.8 Å². The summed E-state index contributed by atoms with van der Waals surface area (Å²) in [5.74, 6) is -0.834. The fourth-order valence-electron chi connectivity index (χ4n) is 3.71. The molecule has 0 saturated carbocycles. The third kappa shape index (κ3) is 6.47. The lowest BCUT2D eigenvalue weighted by atomic mass is 9.91. The van der Waals surface area contributed by atoms with Gasteiger partial charge in [-0.3, -0.25) is 9.59 Å². The topological polar surface area (TPSA) is 174 Å². The molecule has 3 rings (SSSR count). The summed E-state index contributed by atoms with van der Waals surface area (Å²) in [5, 5.41) is 13.0. The molecule has 0 spiro atoms. The van der Waals surface area contributed by atoms with E-state index in [1.807, 2.05) is 30.3 Å². The quantitative estimate of drug-likeness (QED) is 0.329. The minimum Gasteiger partial charge on any atom is -0.347 e. The lowest BCUT2D eigenvalue weighted by Crippen LogP contribution is -2.68. The Kier molecular flexibility index (Phi) is 8.84. The van der Waals surface area contributed by atoms with E-state index in [0.717, 1.165) is 5.56 Å². The predicted octanol–water partition coefficient (Wildman–Crippen LogP) is 3.22. The first-order chi connectivity index (χ1) is 16.5. The molecule has 5 atom stereocenters. The molecule has 1 heterocycles. The van der Waals surface area contributed by atoms with Crippen LogP contribution in [0, 0.1) is 0 Å². The summed E-state index contributed by atoms with van der Waals surface area (Å²) in [5.41, 5.74) is 19.2. The molecule has 4 unspecified atom stereocenters. The average Bonchev–Trinajstić information content (AvgIpc) is 2.85. The number of benzene rings is 2. The van der Waals surface area contributed by atoms with Gasteiger partial charge in [-0.25, -0.2) is 0 Å². The maximum absolute atomic E-state index is 13.0. The lowest BCUT2D eigenvalue weighted by Gasteiger charge is -2.45. The molecule has 2 N–H and O–H groups in total. The molecule has 12 nitrogen and oxygen atoms in total. The molecule has 1 saturated heterocycles. The van der Waals surface area contributed by atoms with E-state index in [2.05, 4.69) is 30.7 Å². The van der Waals surface area contributed by atoms with Gasteiger partial charge in [-0.1, -0.05) is 58.8 Å². The van der Waals surface area contributed by atoms with E-state index in [9.17, 15) is 15.1 Å². The summed E-state index contributed by atoms with van der Waals surface area (Å²) in [4.78, 5) is 30.7. The van der Waals surface area contributed by atoms with Gasteiger partial charge in [0.05, 0.1) is 31.3 Å². The molecule has 1 aliphatic rings. The van der Waals surface area contributed by atoms with Crippen molar-refractivity contribution in [3.63, 3.8) is 0 Å². The first kappa shape index (κ1) is 24.6. The third-order valence-electron chi connectivity index (χ3n) is 5.21. The molecule has 34 heavy (non-hydrogen) atoms. The van der Waals surface area contributed by atoms with Gasteiger partial charge in [0.2, 0.25) is 5.91 Å². The molecule has 176 valence electrons. The van der Waals surface area contributed by atoms with Crippen LogP contribution < -0.4 is 10.6 Å². The second-order valence-corrected chi connectivity index (χ2v) is 7.54. The van der Waals surface area contributed by atoms with E-state index >= 15 is 0 Å². The highest BCUT2D eigenvalue weighted by Gasteiger charge is 2.47. The number of amides is 2. The number of azide groups is 2. The van der Waals surface area contributed by atoms with Gasteiger partial charge in [0.1, 0.15) is 6.04 Å². The van der Waals surface area contributed by atoms with Crippen molar-refractivity contribution in [1.82, 2.24) is 10.6 Å². The van der Waals surface area contributed by atoms with Crippen LogP contribution in [0.5, 0.6) is 0 Å². The second kappa shape index (κ2) is 12.2. The molecular formula is C22H24N8O4. The van der Waals surface area contributed by atoms with Gasteiger partial charge in [0, 0.05) is 22.3 Å². The number of nitrogens with zero attached hydrogens (tertiary/aromatic N) is 6. The third-order valence-corrected chi connectivity index (χ3v) is 5.21. The van der Waals surface area contributed by atoms with E-state index in [1.165, 1.54) is 6.92 Å². The van der Waals surface area contributed by atoms with E-state index < -0.39 is 42.3 Å². The minimum absolute atomic E-state index is 0.154. The molecular weight excluding hydrogens is 440 g/mol. The number of hydrogen-bond acceptors (Lipinski definition) is 6. The average molecular weight is 464 g/mol. The highest BCUT2D eigenvalue weighted by atomic mass is 16.7. The van der Waals surface area contributed by atoms with Gasteiger partial charge in [-0.05, 0) is 28.8 Å². The van der Waals surface area contributed by atoms with Gasteiger partial charge in [0.15, 0.2) is 6.29 Å². The van der Waals surface area contributed by atoms with Crippen molar-refractivity contribution >= 4 is 11.8 Å². The Morgan fingerprint density at radius 1 is 1.00 bits per heavy atom. The maximum Gasteiger partial charge on any atom is 0.251 e. The SMILES string of the molecule is CC(=O)NC1C(NC(=O)c2ccccc2)C(N=[N+]=[N-])C(CN=[N+]=[N-])O[C@H]1OCc1ccccc1. The van der Waals surface area contributed by atoms with Crippen molar-refractivity contribution < 1.29 is 19.1 Å². The second-order valence-electron chi connectivity index (χ2n) is 7.54. The first-order valence-corrected chi connectivity index (χ1v) is 10.5. The van der Waals surface area contributed by atoms with E-state index in [1.54, 1.807) is 30.3 Å². The summed E-state index contributed by atoms with van der Waals surface area (Å²) in [6.45, 7) is 1.30. The number of carbonyl (C=O) groups excluding carboxylic acids is 2. The van der Waals surface area contributed by atoms with Crippen LogP contribution in [0.4, 0.5) is 0 Å². The van der Waals surface area contributed by atoms with Crippen LogP contribution in [0.2, 0.25) is 0 Å². The largest absolute Gasteiger partial charge is 0.347 e. The lowest BCUT2D eigenvalue weighted by molar-refractivity contribution is -0.221. The number of hydrogen-bond donors (Lipinski definition) is 2. The van der Waals surface area contributed by atoms with Gasteiger partial charge < -0.3 is 20.1 Å². The fourth-order valence-corrected chi connectivity index (χ4v) is 3.71. The van der Waals surface area contributed by atoms with Crippen molar-refractivity contribution in [2.24, 2.45) is 10.2 Å². The molecule has 0 aromatic heterocycles. The van der Waals surface area contributed by atoms with Crippen LogP contribution in [0.15, 0.2) is 70.9 Å². The first-order valence-electron chi connectivity index (χ1n) is 10.5. The molecule has 2 amide bonds. The van der Waals surface area contributed by atoms with Crippen LogP contribution in [0.3, 0.4) is 0 Å². The van der Waals surface area contributed by atoms with E-state index in [4.69, 9.17) is 15.0 Å². The molecule has 0 aliphatic carbocycles. The van der Waals surface area contributed by atoms with Gasteiger partial charge in [-0.2, -0.15) is 0 Å². The minimum atomic E-state index is -1.03. The number of nitrogens with one attached hydrogen (secondary N) is 2. The fraction of sp³-hybridized carbons (Fsp3) is 0.364. The predicted molar refractivity (Wildman–Crippen MR) is 122 cm³/mol. The summed E-state index contributed by atoms with van der Waals surface area (Å²) in [7, 11) is 0. The summed E-state index contributed by atoms with van der Waals surface area (Å²) in [6.07, 6.45) is -1.94. The highest BCUT2D eigenvalue weighted by molar-refractivity contribution is 5.94. The molecule has 2 aromatic rings. The van der Waals surface area contributed by atoms with Crippen LogP contribution >= 0.6 is 0 Å². The Balaban J connectivity index is 1.95. The Morgan fingerprint density at radius 2 is 1.68 bits per heavy atom. The Hall–Kier alpha value is -4.08. The van der Waals surface area contributed by atoms with Crippen molar-refractivity contribution in [2.75, 3.05) is 6.54 Å². The number of carbonyl (C=O) groups is 2. The maximum atomic E-state index is 13.0. The monoisotopic (exact) mass is 464 g/mol. The Labute approximate surface area is 195 Å². The van der Waals surface area contributed by atoms with Crippen LogP contribution in [-0.4, -0.2) is 48.9 Å². The van der Waals surface area contributed by atoms with E-state index in [-0.39, 0.29) is 13.2 Å². The molecule has 12 heteroatoms. The molecule has 0 bridgehead atoms. The molecule has 1 fully saturated rings. The summed E-state index contributed by atoms with van der Waals surface area (Å²) < 4.78 is 12.0. The zero-order chi connectivity index (χ0) is 24.3. The van der Waals surface area contributed by atoms with Gasteiger partial charge in [0.25, 0.3) is 5.91 Å². The molecule has 1 aliphatic heterocycles. The molecule has 0 radical (unpaired) electrons. The van der Waals surface area contributed by atoms with Gasteiger partial charge in [-0.15, -0.1) is 0 Å². The zero-order valence-corrected chi connectivity index (χ0v) is 18.4. The summed E-state index contributed by atoms with van der Waals surface area (Å²) in [6, 6.07) is 15.0. The highest BCUT2D eigenvalue weighted by Crippen LogP contribution is 2.26. The van der Waals surface area contributed by atoms with Crippen molar-refractivity contribution in [3.05, 3.63) is 92.7 Å². The number of ether oxygens (including phenoxy) is 2. The van der Waals surface area contributed by atoms with Crippen molar-refractivity contribution in [3.8, 4) is 0 Å².